The summed E-state index contributed by atoms with van der Waals surface area (Å²) in [5.74, 6) is 0.112. The molecular weight excluding hydrogens is 230 g/mol. The highest BCUT2D eigenvalue weighted by molar-refractivity contribution is 5.97. The molecule has 3 N–H and O–H groups in total. The van der Waals surface area contributed by atoms with Crippen molar-refractivity contribution in [3.8, 4) is 0 Å². The molecule has 0 aliphatic carbocycles. The summed E-state index contributed by atoms with van der Waals surface area (Å²) in [5, 5.41) is 3.24. The van der Waals surface area contributed by atoms with Crippen LogP contribution in [0.2, 0.25) is 0 Å². The number of nitrogens with one attached hydrogen (secondary N) is 1. The molecule has 0 spiro atoms. The molecule has 98 valence electrons. The monoisotopic (exact) mass is 249 g/mol. The molecule has 5 nitrogen and oxygen atoms in total. The van der Waals surface area contributed by atoms with E-state index in [0.29, 0.717) is 11.4 Å². The van der Waals surface area contributed by atoms with E-state index in [1.807, 2.05) is 0 Å². The Morgan fingerprint density at radius 2 is 2.28 bits per heavy atom. The summed E-state index contributed by atoms with van der Waals surface area (Å²) < 4.78 is 5.36. The normalized spacial score (nSPS) is 18.3. The molecule has 18 heavy (non-hydrogen) atoms. The topological polar surface area (TPSA) is 77.2 Å². The van der Waals surface area contributed by atoms with Crippen LogP contribution in [0.1, 0.15) is 30.1 Å². The summed E-state index contributed by atoms with van der Waals surface area (Å²) in [7, 11) is 0. The summed E-state index contributed by atoms with van der Waals surface area (Å²) >= 11 is 0. The van der Waals surface area contributed by atoms with Crippen LogP contribution in [0.5, 0.6) is 0 Å². The molecule has 0 aromatic carbocycles. The molecule has 1 saturated heterocycles. The molecular formula is C13H19N3O2. The van der Waals surface area contributed by atoms with Gasteiger partial charge in [-0.25, -0.2) is 4.98 Å². The minimum Gasteiger partial charge on any atom is -0.381 e. The number of nitrogens with zero attached hydrogens (tertiary/aromatic N) is 1. The fraction of sp³-hybridized carbons (Fsp3) is 0.538. The van der Waals surface area contributed by atoms with Gasteiger partial charge in [-0.2, -0.15) is 0 Å². The smallest absolute Gasteiger partial charge is 0.252 e. The van der Waals surface area contributed by atoms with Crippen molar-refractivity contribution in [2.75, 3.05) is 25.1 Å². The van der Waals surface area contributed by atoms with E-state index in [1.54, 1.807) is 18.3 Å². The van der Waals surface area contributed by atoms with Gasteiger partial charge in [-0.15, -0.1) is 0 Å². The van der Waals surface area contributed by atoms with Crippen molar-refractivity contribution in [2.24, 2.45) is 11.1 Å². The van der Waals surface area contributed by atoms with Gasteiger partial charge in [-0.1, -0.05) is 6.92 Å². The van der Waals surface area contributed by atoms with E-state index in [4.69, 9.17) is 10.5 Å². The van der Waals surface area contributed by atoms with Crippen LogP contribution in [0.4, 0.5) is 5.82 Å². The van der Waals surface area contributed by atoms with E-state index >= 15 is 0 Å². The van der Waals surface area contributed by atoms with Crippen LogP contribution >= 0.6 is 0 Å². The molecule has 1 aromatic heterocycles. The molecule has 2 rings (SSSR count). The third-order valence-electron chi connectivity index (χ3n) is 3.46. The molecule has 1 aromatic rings. The van der Waals surface area contributed by atoms with E-state index in [9.17, 15) is 4.79 Å². The first-order chi connectivity index (χ1) is 8.61. The van der Waals surface area contributed by atoms with E-state index < -0.39 is 5.91 Å². The Hall–Kier alpha value is -1.62. The van der Waals surface area contributed by atoms with Gasteiger partial charge in [0.2, 0.25) is 0 Å². The maximum atomic E-state index is 11.3. The number of nitrogens with two attached hydrogens (primary N) is 1. The Labute approximate surface area is 107 Å². The lowest BCUT2D eigenvalue weighted by atomic mass is 9.82. The highest BCUT2D eigenvalue weighted by atomic mass is 16.5. The number of anilines is 1. The lowest BCUT2D eigenvalue weighted by Crippen LogP contribution is -2.33. The van der Waals surface area contributed by atoms with Gasteiger partial charge in [-0.3, -0.25) is 4.79 Å². The van der Waals surface area contributed by atoms with Crippen LogP contribution in [0.25, 0.3) is 0 Å². The fourth-order valence-electron chi connectivity index (χ4n) is 2.08. The SMILES string of the molecule is CC1(CNc2ncccc2C(N)=O)CCOCC1. The summed E-state index contributed by atoms with van der Waals surface area (Å²) in [4.78, 5) is 15.4. The third kappa shape index (κ3) is 2.98. The number of amides is 1. The van der Waals surface area contributed by atoms with Crippen molar-refractivity contribution in [3.63, 3.8) is 0 Å². The summed E-state index contributed by atoms with van der Waals surface area (Å²) in [5.41, 5.74) is 5.94. The molecule has 1 aliphatic rings. The van der Waals surface area contributed by atoms with Crippen molar-refractivity contribution in [1.82, 2.24) is 4.98 Å². The van der Waals surface area contributed by atoms with Crippen LogP contribution in [0, 0.1) is 5.41 Å². The molecule has 5 heteroatoms. The second-order valence-corrected chi connectivity index (χ2v) is 5.04. The van der Waals surface area contributed by atoms with Crippen LogP contribution in [0.3, 0.4) is 0 Å². The van der Waals surface area contributed by atoms with Crippen molar-refractivity contribution in [1.29, 1.82) is 0 Å². The van der Waals surface area contributed by atoms with Crippen LogP contribution in [-0.4, -0.2) is 30.6 Å². The lowest BCUT2D eigenvalue weighted by molar-refractivity contribution is 0.0299. The van der Waals surface area contributed by atoms with Crippen LogP contribution < -0.4 is 11.1 Å². The highest BCUT2D eigenvalue weighted by Gasteiger charge is 2.27. The number of hydrogen-bond acceptors (Lipinski definition) is 4. The molecule has 0 saturated carbocycles. The molecule has 0 atom stereocenters. The number of aromatic nitrogens is 1. The Bertz CT molecular complexity index is 428. The molecule has 2 heterocycles. The number of pyridine rings is 1. The molecule has 1 aliphatic heterocycles. The number of carbonyl (C=O) groups excluding carboxylic acids is 1. The first kappa shape index (κ1) is 12.8. The molecule has 0 radical (unpaired) electrons. The average Bonchev–Trinajstić information content (AvgIpc) is 2.38. The minimum atomic E-state index is -0.456. The maximum Gasteiger partial charge on any atom is 0.252 e. The fourth-order valence-corrected chi connectivity index (χ4v) is 2.08. The molecule has 0 bridgehead atoms. The average molecular weight is 249 g/mol. The summed E-state index contributed by atoms with van der Waals surface area (Å²) in [6.45, 7) is 4.58. The second kappa shape index (κ2) is 5.35. The molecule has 1 amide bonds. The number of primary amides is 1. The number of hydrogen-bond donors (Lipinski definition) is 2. The number of carbonyl (C=O) groups is 1. The summed E-state index contributed by atoms with van der Waals surface area (Å²) in [6, 6.07) is 3.39. The Morgan fingerprint density at radius 1 is 1.56 bits per heavy atom. The zero-order chi connectivity index (χ0) is 13.0. The largest absolute Gasteiger partial charge is 0.381 e. The Morgan fingerprint density at radius 3 is 2.94 bits per heavy atom. The van der Waals surface area contributed by atoms with E-state index in [1.165, 1.54) is 0 Å². The maximum absolute atomic E-state index is 11.3. The van der Waals surface area contributed by atoms with E-state index in [-0.39, 0.29) is 5.41 Å². The lowest BCUT2D eigenvalue weighted by Gasteiger charge is -2.33. The van der Waals surface area contributed by atoms with Crippen LogP contribution in [-0.2, 0) is 4.74 Å². The molecule has 0 unspecified atom stereocenters. The van der Waals surface area contributed by atoms with Gasteiger partial charge in [0.05, 0.1) is 5.56 Å². The third-order valence-corrected chi connectivity index (χ3v) is 3.46. The van der Waals surface area contributed by atoms with Gasteiger partial charge in [0.25, 0.3) is 5.91 Å². The van der Waals surface area contributed by atoms with Gasteiger partial charge in [0, 0.05) is 26.0 Å². The van der Waals surface area contributed by atoms with Crippen molar-refractivity contribution < 1.29 is 9.53 Å². The zero-order valence-electron chi connectivity index (χ0n) is 10.6. The summed E-state index contributed by atoms with van der Waals surface area (Å²) in [6.07, 6.45) is 3.68. The quantitative estimate of drug-likeness (QED) is 0.845. The second-order valence-electron chi connectivity index (χ2n) is 5.04. The van der Waals surface area contributed by atoms with Crippen molar-refractivity contribution >= 4 is 11.7 Å². The van der Waals surface area contributed by atoms with Gasteiger partial charge in [-0.05, 0) is 30.4 Å². The predicted octanol–water partition coefficient (Wildman–Crippen LogP) is 1.41. The first-order valence-electron chi connectivity index (χ1n) is 6.17. The number of ether oxygens (including phenoxy) is 1. The van der Waals surface area contributed by atoms with E-state index in [2.05, 4.69) is 17.2 Å². The van der Waals surface area contributed by atoms with Gasteiger partial charge >= 0.3 is 0 Å². The first-order valence-corrected chi connectivity index (χ1v) is 6.17. The standard InChI is InChI=1S/C13H19N3O2/c1-13(4-7-18-8-5-13)9-16-12-10(11(14)17)3-2-6-15-12/h2-3,6H,4-5,7-9H2,1H3,(H2,14,17)(H,15,16). The van der Waals surface area contributed by atoms with Gasteiger partial charge < -0.3 is 15.8 Å². The van der Waals surface area contributed by atoms with Gasteiger partial charge in [0.1, 0.15) is 5.82 Å². The Kier molecular flexibility index (Phi) is 3.81. The van der Waals surface area contributed by atoms with Gasteiger partial charge in [0.15, 0.2) is 0 Å². The highest BCUT2D eigenvalue weighted by Crippen LogP contribution is 2.30. The molecule has 1 fully saturated rings. The minimum absolute atomic E-state index is 0.185. The van der Waals surface area contributed by atoms with E-state index in [0.717, 1.165) is 32.6 Å². The predicted molar refractivity (Wildman–Crippen MR) is 69.4 cm³/mol. The van der Waals surface area contributed by atoms with Crippen LogP contribution in [0.15, 0.2) is 18.3 Å². The Balaban J connectivity index is 2.03. The van der Waals surface area contributed by atoms with Crippen molar-refractivity contribution in [3.05, 3.63) is 23.9 Å². The number of rotatable bonds is 4. The zero-order valence-corrected chi connectivity index (χ0v) is 10.6. The van der Waals surface area contributed by atoms with Crippen molar-refractivity contribution in [2.45, 2.75) is 19.8 Å².